The summed E-state index contributed by atoms with van der Waals surface area (Å²) in [6.45, 7) is 7.44. The molecule has 2 heterocycles. The molecule has 0 saturated carbocycles. The van der Waals surface area contributed by atoms with E-state index in [0.29, 0.717) is 17.7 Å². The van der Waals surface area contributed by atoms with Crippen molar-refractivity contribution < 1.29 is 14.2 Å². The molecule has 2 aliphatic heterocycles. The number of imide groups is 1. The van der Waals surface area contributed by atoms with E-state index in [0.717, 1.165) is 42.5 Å². The lowest BCUT2D eigenvalue weighted by Gasteiger charge is -2.27. The van der Waals surface area contributed by atoms with Gasteiger partial charge in [-0.3, -0.25) is 19.1 Å². The van der Waals surface area contributed by atoms with E-state index in [1.165, 1.54) is 4.90 Å². The summed E-state index contributed by atoms with van der Waals surface area (Å²) in [6.07, 6.45) is 2.89. The first-order chi connectivity index (χ1) is 12.2. The van der Waals surface area contributed by atoms with Gasteiger partial charge < -0.3 is 0 Å². The van der Waals surface area contributed by atoms with Crippen LogP contribution in [0.3, 0.4) is 0 Å². The van der Waals surface area contributed by atoms with Crippen LogP contribution in [0.5, 0.6) is 0 Å². The van der Waals surface area contributed by atoms with Gasteiger partial charge in [-0.05, 0) is 31.5 Å². The van der Waals surface area contributed by atoms with Crippen LogP contribution >= 0.6 is 0 Å². The van der Waals surface area contributed by atoms with Crippen LogP contribution in [-0.4, -0.2) is 53.8 Å². The molecule has 0 atom stereocenters. The standard InChI is InChI=1S/C20H22N3O2/c1-3-10-23-19(24)15-7-5-6-14-17(22-12-11-21(4-2)13-22)9-8-16(18(14)15)20(23)25/h5-9,13H,3-4,10-12H2,1-2H3/q+1. The largest absolute Gasteiger partial charge is 0.274 e. The predicted octanol–water partition coefficient (Wildman–Crippen LogP) is 2.73. The Morgan fingerprint density at radius 1 is 1.04 bits per heavy atom. The predicted molar refractivity (Wildman–Crippen MR) is 98.7 cm³/mol. The second kappa shape index (κ2) is 5.99. The third-order valence-electron chi connectivity index (χ3n) is 5.06. The zero-order chi connectivity index (χ0) is 17.6. The lowest BCUT2D eigenvalue weighted by atomic mass is 9.92. The van der Waals surface area contributed by atoms with Crippen LogP contribution in [0.2, 0.25) is 0 Å². The van der Waals surface area contributed by atoms with Crippen LogP contribution in [0, 0.1) is 0 Å². The molecule has 0 aromatic heterocycles. The van der Waals surface area contributed by atoms with Crippen molar-refractivity contribution >= 4 is 34.6 Å². The Morgan fingerprint density at radius 2 is 1.80 bits per heavy atom. The van der Waals surface area contributed by atoms with Gasteiger partial charge in [0.15, 0.2) is 0 Å². The summed E-state index contributed by atoms with van der Waals surface area (Å²) in [4.78, 5) is 29.2. The number of likely N-dealkylation sites (N-methyl/N-ethyl adjacent to an activating group) is 1. The molecule has 25 heavy (non-hydrogen) atoms. The molecule has 0 bridgehead atoms. The fourth-order valence-electron chi connectivity index (χ4n) is 3.78. The fourth-order valence-corrected chi connectivity index (χ4v) is 3.78. The number of hydrogen-bond donors (Lipinski definition) is 0. The van der Waals surface area contributed by atoms with E-state index in [1.54, 1.807) is 0 Å². The second-order valence-electron chi connectivity index (χ2n) is 6.56. The number of benzene rings is 2. The Bertz CT molecular complexity index is 894. The molecule has 0 fully saturated rings. The molecule has 0 saturated heterocycles. The van der Waals surface area contributed by atoms with Gasteiger partial charge in [-0.2, -0.15) is 0 Å². The molecule has 2 amide bonds. The molecule has 0 N–H and O–H groups in total. The van der Waals surface area contributed by atoms with Gasteiger partial charge in [0.2, 0.25) is 6.34 Å². The van der Waals surface area contributed by atoms with Crippen molar-refractivity contribution in [1.29, 1.82) is 0 Å². The first kappa shape index (κ1) is 15.8. The number of anilines is 1. The molecule has 2 aromatic carbocycles. The van der Waals surface area contributed by atoms with Crippen LogP contribution in [0.4, 0.5) is 5.69 Å². The van der Waals surface area contributed by atoms with Crippen molar-refractivity contribution in [2.45, 2.75) is 20.3 Å². The number of nitrogens with zero attached hydrogens (tertiary/aromatic N) is 3. The van der Waals surface area contributed by atoms with Crippen LogP contribution in [-0.2, 0) is 0 Å². The third-order valence-corrected chi connectivity index (χ3v) is 5.06. The van der Waals surface area contributed by atoms with Gasteiger partial charge >= 0.3 is 0 Å². The van der Waals surface area contributed by atoms with Crippen LogP contribution < -0.4 is 4.90 Å². The molecular weight excluding hydrogens is 314 g/mol. The summed E-state index contributed by atoms with van der Waals surface area (Å²) >= 11 is 0. The Morgan fingerprint density at radius 3 is 2.48 bits per heavy atom. The van der Waals surface area contributed by atoms with Gasteiger partial charge in [0.05, 0.1) is 6.54 Å². The van der Waals surface area contributed by atoms with Crippen molar-refractivity contribution in [2.24, 2.45) is 0 Å². The Labute approximate surface area is 147 Å². The number of hydrogen-bond acceptors (Lipinski definition) is 3. The molecule has 5 heteroatoms. The van der Waals surface area contributed by atoms with Crippen molar-refractivity contribution in [3.05, 3.63) is 41.5 Å². The Kier molecular flexibility index (Phi) is 3.79. The van der Waals surface area contributed by atoms with Gasteiger partial charge in [-0.15, -0.1) is 0 Å². The fraction of sp³-hybridized carbons (Fsp3) is 0.350. The minimum Gasteiger partial charge on any atom is -0.274 e. The first-order valence-corrected chi connectivity index (χ1v) is 8.93. The molecular formula is C20H22N3O2+. The number of carbonyl (C=O) groups excluding carboxylic acids is 2. The summed E-state index contributed by atoms with van der Waals surface area (Å²) in [5.74, 6) is -0.356. The van der Waals surface area contributed by atoms with Crippen molar-refractivity contribution in [3.8, 4) is 0 Å². The maximum Gasteiger partial charge on any atom is 0.261 e. The highest BCUT2D eigenvalue weighted by Crippen LogP contribution is 2.36. The average Bonchev–Trinajstić information content (AvgIpc) is 3.11. The highest BCUT2D eigenvalue weighted by Gasteiger charge is 2.34. The van der Waals surface area contributed by atoms with Crippen LogP contribution in [0.15, 0.2) is 30.3 Å². The van der Waals surface area contributed by atoms with E-state index in [9.17, 15) is 9.59 Å². The van der Waals surface area contributed by atoms with E-state index in [2.05, 4.69) is 22.7 Å². The molecule has 128 valence electrons. The molecule has 4 rings (SSSR count). The summed E-state index contributed by atoms with van der Waals surface area (Å²) in [6, 6.07) is 9.64. The average molecular weight is 336 g/mol. The van der Waals surface area contributed by atoms with E-state index < -0.39 is 0 Å². The summed E-state index contributed by atoms with van der Waals surface area (Å²) in [5.41, 5.74) is 2.32. The number of amides is 2. The summed E-state index contributed by atoms with van der Waals surface area (Å²) in [7, 11) is 0. The number of carbonyl (C=O) groups is 2. The van der Waals surface area contributed by atoms with Gasteiger partial charge in [0, 0.05) is 28.4 Å². The molecule has 0 unspecified atom stereocenters. The summed E-state index contributed by atoms with van der Waals surface area (Å²) < 4.78 is 2.26. The SMILES string of the molecule is CCCN1C(=O)c2cccc3c(N4C=[N+](CC)CC4)ccc(c23)C1=O. The second-order valence-corrected chi connectivity index (χ2v) is 6.56. The molecule has 2 aliphatic rings. The van der Waals surface area contributed by atoms with Gasteiger partial charge in [-0.1, -0.05) is 19.1 Å². The first-order valence-electron chi connectivity index (χ1n) is 8.93. The Hall–Kier alpha value is -2.69. The molecule has 2 aromatic rings. The highest BCUT2D eigenvalue weighted by atomic mass is 16.2. The molecule has 5 nitrogen and oxygen atoms in total. The zero-order valence-corrected chi connectivity index (χ0v) is 14.7. The molecule has 0 aliphatic carbocycles. The van der Waals surface area contributed by atoms with Gasteiger partial charge in [0.25, 0.3) is 11.8 Å². The molecule has 0 radical (unpaired) electrons. The van der Waals surface area contributed by atoms with Crippen LogP contribution in [0.25, 0.3) is 10.8 Å². The van der Waals surface area contributed by atoms with E-state index in [4.69, 9.17) is 0 Å². The Balaban J connectivity index is 1.90. The lowest BCUT2D eigenvalue weighted by Crippen LogP contribution is -2.40. The van der Waals surface area contributed by atoms with Crippen molar-refractivity contribution in [1.82, 2.24) is 4.90 Å². The smallest absolute Gasteiger partial charge is 0.261 e. The minimum atomic E-state index is -0.178. The van der Waals surface area contributed by atoms with Gasteiger partial charge in [-0.25, -0.2) is 4.90 Å². The van der Waals surface area contributed by atoms with E-state index in [-0.39, 0.29) is 11.8 Å². The van der Waals surface area contributed by atoms with Crippen molar-refractivity contribution in [2.75, 3.05) is 31.1 Å². The van der Waals surface area contributed by atoms with Crippen molar-refractivity contribution in [3.63, 3.8) is 0 Å². The van der Waals surface area contributed by atoms with Gasteiger partial charge in [0.1, 0.15) is 18.8 Å². The topological polar surface area (TPSA) is 43.6 Å². The maximum absolute atomic E-state index is 12.8. The quantitative estimate of drug-likeness (QED) is 0.637. The lowest BCUT2D eigenvalue weighted by molar-refractivity contribution is -0.509. The van der Waals surface area contributed by atoms with E-state index >= 15 is 0 Å². The maximum atomic E-state index is 12.8. The normalized spacial score (nSPS) is 16.8. The third kappa shape index (κ3) is 2.34. The number of rotatable bonds is 4. The minimum absolute atomic E-state index is 0.178. The summed E-state index contributed by atoms with van der Waals surface area (Å²) in [5, 5.41) is 1.77. The highest BCUT2D eigenvalue weighted by molar-refractivity contribution is 6.27. The van der Waals surface area contributed by atoms with E-state index in [1.807, 2.05) is 37.3 Å². The molecule has 0 spiro atoms. The zero-order valence-electron chi connectivity index (χ0n) is 14.7. The van der Waals surface area contributed by atoms with Crippen LogP contribution in [0.1, 0.15) is 41.0 Å². The monoisotopic (exact) mass is 336 g/mol.